The van der Waals surface area contributed by atoms with Crippen molar-refractivity contribution in [1.82, 2.24) is 0 Å². The van der Waals surface area contributed by atoms with Crippen LogP contribution < -0.4 is 0 Å². The fourth-order valence-corrected chi connectivity index (χ4v) is 2.16. The molecule has 13 heavy (non-hydrogen) atoms. The minimum atomic E-state index is -0.187. The molecule has 0 spiro atoms. The molecule has 2 rings (SSSR count). The molecule has 2 atom stereocenters. The van der Waals surface area contributed by atoms with Gasteiger partial charge in [-0.3, -0.25) is 4.79 Å². The van der Waals surface area contributed by atoms with Crippen molar-refractivity contribution < 1.29 is 14.3 Å². The molecule has 0 radical (unpaired) electrons. The van der Waals surface area contributed by atoms with E-state index in [1.807, 2.05) is 6.92 Å². The molecule has 0 aromatic carbocycles. The number of allylic oxidation sites excluding steroid dienone is 1. The number of carbonyl (C=O) groups excluding carboxylic acids is 1. The summed E-state index contributed by atoms with van der Waals surface area (Å²) >= 11 is 0. The van der Waals surface area contributed by atoms with Crippen LogP contribution in [0.3, 0.4) is 0 Å². The van der Waals surface area contributed by atoms with Crippen molar-refractivity contribution in [3.05, 3.63) is 11.3 Å². The standard InChI is InChI=1S/C10H14O3/c1-6(11)9-7(2)13-10-8(9)4-3-5-12-10/h8,10H,3-5H2,1-2H3/t8-,10+/m0/s1. The van der Waals surface area contributed by atoms with Gasteiger partial charge in [0.05, 0.1) is 12.5 Å². The minimum absolute atomic E-state index is 0.121. The predicted molar refractivity (Wildman–Crippen MR) is 46.9 cm³/mol. The zero-order chi connectivity index (χ0) is 9.42. The summed E-state index contributed by atoms with van der Waals surface area (Å²) in [5.41, 5.74) is 0.838. The van der Waals surface area contributed by atoms with Gasteiger partial charge in [0.15, 0.2) is 5.78 Å². The third-order valence-corrected chi connectivity index (χ3v) is 2.69. The number of hydrogen-bond acceptors (Lipinski definition) is 3. The molecule has 1 fully saturated rings. The fourth-order valence-electron chi connectivity index (χ4n) is 2.16. The Balaban J connectivity index is 2.24. The Bertz CT molecular complexity index is 267. The Labute approximate surface area is 77.7 Å². The smallest absolute Gasteiger partial charge is 0.206 e. The van der Waals surface area contributed by atoms with Crippen LogP contribution in [0.5, 0.6) is 0 Å². The lowest BCUT2D eigenvalue weighted by molar-refractivity contribution is -0.145. The number of fused-ring (bicyclic) bond motifs is 1. The van der Waals surface area contributed by atoms with Crippen molar-refractivity contribution in [3.8, 4) is 0 Å². The van der Waals surface area contributed by atoms with Gasteiger partial charge < -0.3 is 9.47 Å². The average Bonchev–Trinajstić information content (AvgIpc) is 2.39. The number of ether oxygens (including phenoxy) is 2. The number of ketones is 1. The van der Waals surface area contributed by atoms with Gasteiger partial charge in [0.2, 0.25) is 6.29 Å². The van der Waals surface area contributed by atoms with Crippen molar-refractivity contribution >= 4 is 5.78 Å². The van der Waals surface area contributed by atoms with Gasteiger partial charge >= 0.3 is 0 Å². The van der Waals surface area contributed by atoms with Crippen LogP contribution in [0.2, 0.25) is 0 Å². The van der Waals surface area contributed by atoms with Crippen LogP contribution in [-0.2, 0) is 14.3 Å². The van der Waals surface area contributed by atoms with Gasteiger partial charge in [-0.2, -0.15) is 0 Å². The van der Waals surface area contributed by atoms with Gasteiger partial charge in [-0.15, -0.1) is 0 Å². The second-order valence-corrected chi connectivity index (χ2v) is 3.63. The monoisotopic (exact) mass is 182 g/mol. The van der Waals surface area contributed by atoms with Crippen molar-refractivity contribution in [2.24, 2.45) is 5.92 Å². The van der Waals surface area contributed by atoms with Crippen LogP contribution in [0.4, 0.5) is 0 Å². The van der Waals surface area contributed by atoms with Crippen molar-refractivity contribution in [2.75, 3.05) is 6.61 Å². The van der Waals surface area contributed by atoms with Gasteiger partial charge in [0.25, 0.3) is 0 Å². The maximum absolute atomic E-state index is 11.3. The molecule has 0 aliphatic carbocycles. The average molecular weight is 182 g/mol. The van der Waals surface area contributed by atoms with Gasteiger partial charge in [0.1, 0.15) is 5.76 Å². The van der Waals surface area contributed by atoms with Crippen LogP contribution in [0.15, 0.2) is 11.3 Å². The molecule has 3 heteroatoms. The normalized spacial score (nSPS) is 32.8. The first-order valence-electron chi connectivity index (χ1n) is 4.70. The van der Waals surface area contributed by atoms with E-state index in [4.69, 9.17) is 9.47 Å². The van der Waals surface area contributed by atoms with Gasteiger partial charge in [-0.25, -0.2) is 0 Å². The van der Waals surface area contributed by atoms with E-state index in [0.717, 1.165) is 30.8 Å². The molecular formula is C10H14O3. The highest BCUT2D eigenvalue weighted by atomic mass is 16.7. The second kappa shape index (κ2) is 3.14. The van der Waals surface area contributed by atoms with Crippen LogP contribution in [0.25, 0.3) is 0 Å². The maximum atomic E-state index is 11.3. The summed E-state index contributed by atoms with van der Waals surface area (Å²) in [6.45, 7) is 4.19. The lowest BCUT2D eigenvalue weighted by atomic mass is 9.91. The van der Waals surface area contributed by atoms with E-state index >= 15 is 0 Å². The SMILES string of the molecule is CC(=O)C1=C(C)O[C@H]2OCCC[C@@H]12. The quantitative estimate of drug-likeness (QED) is 0.618. The third kappa shape index (κ3) is 1.37. The number of hydrogen-bond donors (Lipinski definition) is 0. The van der Waals surface area contributed by atoms with E-state index in [-0.39, 0.29) is 18.0 Å². The molecule has 0 saturated carbocycles. The molecule has 1 saturated heterocycles. The largest absolute Gasteiger partial charge is 0.468 e. The molecule has 2 aliphatic rings. The molecular weight excluding hydrogens is 168 g/mol. The maximum Gasteiger partial charge on any atom is 0.206 e. The summed E-state index contributed by atoms with van der Waals surface area (Å²) in [4.78, 5) is 11.3. The van der Waals surface area contributed by atoms with Crippen molar-refractivity contribution in [2.45, 2.75) is 33.0 Å². The molecule has 2 aliphatic heterocycles. The lowest BCUT2D eigenvalue weighted by Gasteiger charge is -2.25. The molecule has 3 nitrogen and oxygen atoms in total. The zero-order valence-electron chi connectivity index (χ0n) is 8.00. The van der Waals surface area contributed by atoms with E-state index in [1.54, 1.807) is 6.92 Å². The highest BCUT2D eigenvalue weighted by Gasteiger charge is 2.39. The summed E-state index contributed by atoms with van der Waals surface area (Å²) in [7, 11) is 0. The molecule has 2 heterocycles. The van der Waals surface area contributed by atoms with Crippen LogP contribution in [-0.4, -0.2) is 18.7 Å². The molecule has 0 amide bonds. The Morgan fingerprint density at radius 1 is 1.54 bits per heavy atom. The first kappa shape index (κ1) is 8.75. The molecule has 0 aromatic rings. The topological polar surface area (TPSA) is 35.5 Å². The highest BCUT2D eigenvalue weighted by molar-refractivity contribution is 5.94. The molecule has 0 bridgehead atoms. The molecule has 72 valence electrons. The summed E-state index contributed by atoms with van der Waals surface area (Å²) in [6, 6.07) is 0. The van der Waals surface area contributed by atoms with Crippen molar-refractivity contribution in [3.63, 3.8) is 0 Å². The van der Waals surface area contributed by atoms with Crippen LogP contribution in [0.1, 0.15) is 26.7 Å². The molecule has 0 N–H and O–H groups in total. The first-order valence-corrected chi connectivity index (χ1v) is 4.70. The fraction of sp³-hybridized carbons (Fsp3) is 0.700. The highest BCUT2D eigenvalue weighted by Crippen LogP contribution is 2.37. The Hall–Kier alpha value is -0.830. The second-order valence-electron chi connectivity index (χ2n) is 3.63. The Morgan fingerprint density at radius 3 is 3.00 bits per heavy atom. The van der Waals surface area contributed by atoms with Crippen LogP contribution >= 0.6 is 0 Å². The summed E-state index contributed by atoms with van der Waals surface area (Å²) in [6.07, 6.45) is 1.85. The Morgan fingerprint density at radius 2 is 2.31 bits per heavy atom. The van der Waals surface area contributed by atoms with Crippen molar-refractivity contribution in [1.29, 1.82) is 0 Å². The minimum Gasteiger partial charge on any atom is -0.468 e. The zero-order valence-corrected chi connectivity index (χ0v) is 8.00. The summed E-state index contributed by atoms with van der Waals surface area (Å²) in [5, 5.41) is 0. The number of carbonyl (C=O) groups is 1. The molecule has 0 unspecified atom stereocenters. The first-order chi connectivity index (χ1) is 6.20. The summed E-state index contributed by atoms with van der Waals surface area (Å²) < 4.78 is 10.9. The van der Waals surface area contributed by atoms with E-state index in [0.29, 0.717) is 0 Å². The van der Waals surface area contributed by atoms with E-state index in [2.05, 4.69) is 0 Å². The third-order valence-electron chi connectivity index (χ3n) is 2.69. The van der Waals surface area contributed by atoms with Crippen LogP contribution in [0, 0.1) is 5.92 Å². The van der Waals surface area contributed by atoms with E-state index in [1.165, 1.54) is 0 Å². The predicted octanol–water partition coefficient (Wildman–Crippen LogP) is 1.63. The summed E-state index contributed by atoms with van der Waals surface area (Å²) in [5.74, 6) is 1.06. The lowest BCUT2D eigenvalue weighted by Crippen LogP contribution is -2.29. The molecule has 0 aromatic heterocycles. The van der Waals surface area contributed by atoms with E-state index in [9.17, 15) is 4.79 Å². The number of rotatable bonds is 1. The number of Topliss-reactive ketones (excluding diaryl/α,β-unsaturated/α-hetero) is 1. The van der Waals surface area contributed by atoms with Gasteiger partial charge in [-0.05, 0) is 26.7 Å². The van der Waals surface area contributed by atoms with E-state index < -0.39 is 0 Å². The van der Waals surface area contributed by atoms with Gasteiger partial charge in [-0.1, -0.05) is 0 Å². The van der Waals surface area contributed by atoms with Gasteiger partial charge in [0, 0.05) is 5.57 Å². The Kier molecular flexibility index (Phi) is 2.12.